The molecule has 0 spiro atoms. The number of esters is 1. The molecule has 0 saturated carbocycles. The van der Waals surface area contributed by atoms with Crippen LogP contribution in [0, 0.1) is 0 Å². The minimum absolute atomic E-state index is 0.0704. The average molecular weight is 303 g/mol. The van der Waals surface area contributed by atoms with Gasteiger partial charge in [-0.1, -0.05) is 6.92 Å². The third-order valence-corrected chi connectivity index (χ3v) is 3.09. The summed E-state index contributed by atoms with van der Waals surface area (Å²) in [6.07, 6.45) is 2.44. The fourth-order valence-corrected chi connectivity index (χ4v) is 2.14. The Morgan fingerprint density at radius 3 is 2.73 bits per heavy atom. The van der Waals surface area contributed by atoms with Gasteiger partial charge in [0, 0.05) is 11.6 Å². The van der Waals surface area contributed by atoms with Crippen molar-refractivity contribution in [2.24, 2.45) is 0 Å². The lowest BCUT2D eigenvalue weighted by Gasteiger charge is -2.11. The Morgan fingerprint density at radius 2 is 2.05 bits per heavy atom. The second kappa shape index (κ2) is 7.11. The molecule has 0 atom stereocenters. The van der Waals surface area contributed by atoms with Crippen LogP contribution in [0.3, 0.4) is 0 Å². The number of carbonyl (C=O) groups is 1. The first-order valence-electron chi connectivity index (χ1n) is 7.46. The lowest BCUT2D eigenvalue weighted by molar-refractivity contribution is -0.144. The second-order valence-electron chi connectivity index (χ2n) is 5.38. The SMILES string of the molecule is CCCOC(=O)Cn1ccc2cc(OC(C)C)ccc2c1=O. The molecule has 0 radical (unpaired) electrons. The summed E-state index contributed by atoms with van der Waals surface area (Å²) in [4.78, 5) is 24.0. The van der Waals surface area contributed by atoms with Crippen LogP contribution in [0.25, 0.3) is 10.8 Å². The topological polar surface area (TPSA) is 57.5 Å². The number of aromatic nitrogens is 1. The summed E-state index contributed by atoms with van der Waals surface area (Å²) in [7, 11) is 0. The second-order valence-corrected chi connectivity index (χ2v) is 5.38. The third-order valence-electron chi connectivity index (χ3n) is 3.09. The molecule has 1 aromatic heterocycles. The molecular formula is C17H21NO4. The van der Waals surface area contributed by atoms with Gasteiger partial charge in [0.15, 0.2) is 0 Å². The van der Waals surface area contributed by atoms with Crippen LogP contribution in [0.5, 0.6) is 5.75 Å². The lowest BCUT2D eigenvalue weighted by Crippen LogP contribution is -2.25. The van der Waals surface area contributed by atoms with Gasteiger partial charge in [0.2, 0.25) is 0 Å². The van der Waals surface area contributed by atoms with E-state index in [4.69, 9.17) is 9.47 Å². The molecule has 0 bridgehead atoms. The van der Waals surface area contributed by atoms with Gasteiger partial charge >= 0.3 is 5.97 Å². The normalized spacial score (nSPS) is 10.9. The number of pyridine rings is 1. The number of carbonyl (C=O) groups excluding carboxylic acids is 1. The number of fused-ring (bicyclic) bond motifs is 1. The Morgan fingerprint density at radius 1 is 1.27 bits per heavy atom. The Hall–Kier alpha value is -2.30. The summed E-state index contributed by atoms with van der Waals surface area (Å²) in [6, 6.07) is 7.13. The number of rotatable bonds is 6. The first-order valence-corrected chi connectivity index (χ1v) is 7.46. The number of hydrogen-bond acceptors (Lipinski definition) is 4. The molecule has 2 aromatic rings. The van der Waals surface area contributed by atoms with E-state index in [1.807, 2.05) is 26.8 Å². The zero-order valence-corrected chi connectivity index (χ0v) is 13.2. The monoisotopic (exact) mass is 303 g/mol. The summed E-state index contributed by atoms with van der Waals surface area (Å²) < 4.78 is 12.0. The van der Waals surface area contributed by atoms with Gasteiger partial charge in [-0.05, 0) is 49.9 Å². The van der Waals surface area contributed by atoms with Gasteiger partial charge in [0.1, 0.15) is 12.3 Å². The molecule has 0 aliphatic heterocycles. The maximum atomic E-state index is 12.4. The van der Waals surface area contributed by atoms with Crippen molar-refractivity contribution < 1.29 is 14.3 Å². The van der Waals surface area contributed by atoms with Gasteiger partial charge < -0.3 is 14.0 Å². The highest BCUT2D eigenvalue weighted by molar-refractivity contribution is 5.83. The molecule has 1 aromatic carbocycles. The minimum Gasteiger partial charge on any atom is -0.491 e. The van der Waals surface area contributed by atoms with Crippen molar-refractivity contribution in [3.8, 4) is 5.75 Å². The van der Waals surface area contributed by atoms with Crippen LogP contribution >= 0.6 is 0 Å². The predicted octanol–water partition coefficient (Wildman–Crippen LogP) is 2.74. The fraction of sp³-hybridized carbons (Fsp3) is 0.412. The zero-order chi connectivity index (χ0) is 16.1. The van der Waals surface area contributed by atoms with Crippen LogP contribution in [-0.4, -0.2) is 23.2 Å². The Bertz CT molecular complexity index is 718. The molecule has 118 valence electrons. The summed E-state index contributed by atoms with van der Waals surface area (Å²) in [6.45, 7) is 6.12. The van der Waals surface area contributed by atoms with Gasteiger partial charge in [-0.2, -0.15) is 0 Å². The van der Waals surface area contributed by atoms with Crippen LogP contribution in [0.15, 0.2) is 35.3 Å². The Kier molecular flexibility index (Phi) is 5.20. The summed E-state index contributed by atoms with van der Waals surface area (Å²) in [5.41, 5.74) is -0.206. The van der Waals surface area contributed by atoms with Crippen LogP contribution in [0.1, 0.15) is 27.2 Å². The van der Waals surface area contributed by atoms with E-state index < -0.39 is 5.97 Å². The maximum absolute atomic E-state index is 12.4. The Balaban J connectivity index is 2.27. The van der Waals surface area contributed by atoms with E-state index in [2.05, 4.69) is 0 Å². The molecule has 0 amide bonds. The van der Waals surface area contributed by atoms with E-state index >= 15 is 0 Å². The molecule has 0 fully saturated rings. The molecule has 0 N–H and O–H groups in total. The van der Waals surface area contributed by atoms with Crippen molar-refractivity contribution in [3.05, 3.63) is 40.8 Å². The highest BCUT2D eigenvalue weighted by Crippen LogP contribution is 2.19. The zero-order valence-electron chi connectivity index (χ0n) is 13.2. The summed E-state index contributed by atoms with van der Waals surface area (Å²) in [5.74, 6) is 0.324. The fourth-order valence-electron chi connectivity index (χ4n) is 2.14. The summed E-state index contributed by atoms with van der Waals surface area (Å²) in [5, 5.41) is 1.35. The van der Waals surface area contributed by atoms with Crippen molar-refractivity contribution in [2.75, 3.05) is 6.61 Å². The van der Waals surface area contributed by atoms with E-state index in [1.54, 1.807) is 24.4 Å². The van der Waals surface area contributed by atoms with Crippen LogP contribution in [0.4, 0.5) is 0 Å². The average Bonchev–Trinajstić information content (AvgIpc) is 2.47. The molecule has 22 heavy (non-hydrogen) atoms. The van der Waals surface area contributed by atoms with Crippen molar-refractivity contribution in [1.82, 2.24) is 4.57 Å². The van der Waals surface area contributed by atoms with Crippen LogP contribution < -0.4 is 10.3 Å². The highest BCUT2D eigenvalue weighted by Gasteiger charge is 2.09. The van der Waals surface area contributed by atoms with E-state index in [0.29, 0.717) is 12.0 Å². The summed E-state index contributed by atoms with van der Waals surface area (Å²) >= 11 is 0. The van der Waals surface area contributed by atoms with Gasteiger partial charge in [0.05, 0.1) is 12.7 Å². The van der Waals surface area contributed by atoms with Gasteiger partial charge in [-0.25, -0.2) is 0 Å². The van der Waals surface area contributed by atoms with Crippen molar-refractivity contribution in [2.45, 2.75) is 39.8 Å². The first kappa shape index (κ1) is 16.1. The van der Waals surface area contributed by atoms with E-state index in [9.17, 15) is 9.59 Å². The van der Waals surface area contributed by atoms with Crippen molar-refractivity contribution in [1.29, 1.82) is 0 Å². The number of hydrogen-bond donors (Lipinski definition) is 0. The van der Waals surface area contributed by atoms with Crippen LogP contribution in [0.2, 0.25) is 0 Å². The smallest absolute Gasteiger partial charge is 0.326 e. The molecule has 1 heterocycles. The quantitative estimate of drug-likeness (QED) is 0.770. The molecule has 0 unspecified atom stereocenters. The van der Waals surface area contributed by atoms with Gasteiger partial charge in [-0.15, -0.1) is 0 Å². The van der Waals surface area contributed by atoms with E-state index in [-0.39, 0.29) is 18.2 Å². The molecule has 0 saturated heterocycles. The minimum atomic E-state index is -0.400. The molecule has 0 aliphatic rings. The molecule has 2 rings (SSSR count). The maximum Gasteiger partial charge on any atom is 0.326 e. The van der Waals surface area contributed by atoms with E-state index in [0.717, 1.165) is 17.6 Å². The molecular weight excluding hydrogens is 282 g/mol. The van der Waals surface area contributed by atoms with Crippen molar-refractivity contribution >= 4 is 16.7 Å². The highest BCUT2D eigenvalue weighted by atomic mass is 16.5. The largest absolute Gasteiger partial charge is 0.491 e. The molecule has 5 nitrogen and oxygen atoms in total. The standard InChI is InChI=1S/C17H21NO4/c1-4-9-21-16(19)11-18-8-7-13-10-14(22-12(2)3)5-6-15(13)17(18)20/h5-8,10,12H,4,9,11H2,1-3H3. The third kappa shape index (κ3) is 3.87. The lowest BCUT2D eigenvalue weighted by atomic mass is 10.1. The van der Waals surface area contributed by atoms with E-state index in [1.165, 1.54) is 4.57 Å². The van der Waals surface area contributed by atoms with Crippen LogP contribution in [-0.2, 0) is 16.1 Å². The molecule has 0 aliphatic carbocycles. The number of benzene rings is 1. The number of ether oxygens (including phenoxy) is 2. The first-order chi connectivity index (χ1) is 10.5. The Labute approximate surface area is 129 Å². The molecule has 5 heteroatoms. The number of nitrogens with zero attached hydrogens (tertiary/aromatic N) is 1. The van der Waals surface area contributed by atoms with Gasteiger partial charge in [-0.3, -0.25) is 9.59 Å². The van der Waals surface area contributed by atoms with Gasteiger partial charge in [0.25, 0.3) is 5.56 Å². The van der Waals surface area contributed by atoms with Crippen molar-refractivity contribution in [3.63, 3.8) is 0 Å². The predicted molar refractivity (Wildman–Crippen MR) is 85.2 cm³/mol.